The summed E-state index contributed by atoms with van der Waals surface area (Å²) in [5, 5.41) is 3.63. The van der Waals surface area contributed by atoms with Gasteiger partial charge in [-0.2, -0.15) is 0 Å². The molecule has 0 saturated heterocycles. The second-order valence-corrected chi connectivity index (χ2v) is 5.99. The van der Waals surface area contributed by atoms with E-state index in [2.05, 4.69) is 62.6 Å². The van der Waals surface area contributed by atoms with Crippen molar-refractivity contribution in [3.63, 3.8) is 0 Å². The van der Waals surface area contributed by atoms with Gasteiger partial charge in [0.25, 0.3) is 0 Å². The van der Waals surface area contributed by atoms with Gasteiger partial charge >= 0.3 is 125 Å². The third kappa shape index (κ3) is 2.92. The molecular weight excluding hydrogens is 313 g/mol. The van der Waals surface area contributed by atoms with Crippen LogP contribution in [0.1, 0.15) is 18.9 Å². The Hall–Kier alpha value is -1.64. The summed E-state index contributed by atoms with van der Waals surface area (Å²) >= 11 is 0.0290. The summed E-state index contributed by atoms with van der Waals surface area (Å²) in [5.74, 6) is 0. The first-order valence-corrected chi connectivity index (χ1v) is 8.42. The van der Waals surface area contributed by atoms with E-state index in [1.165, 1.54) is 5.56 Å². The van der Waals surface area contributed by atoms with Crippen LogP contribution < -0.4 is 5.32 Å². The molecule has 0 fully saturated rings. The first-order valence-electron chi connectivity index (χ1n) is 6.88. The maximum atomic E-state index is 4.53. The molecule has 2 aromatic carbocycles. The molecule has 20 heavy (non-hydrogen) atoms. The normalized spacial score (nSPS) is 13.7. The number of anilines is 1. The van der Waals surface area contributed by atoms with E-state index in [1.54, 1.807) is 0 Å². The zero-order valence-corrected chi connectivity index (χ0v) is 13.1. The Balaban J connectivity index is 1.76. The van der Waals surface area contributed by atoms with E-state index >= 15 is 0 Å². The molecular formula is C16H17N3Se. The van der Waals surface area contributed by atoms with Gasteiger partial charge < -0.3 is 0 Å². The van der Waals surface area contributed by atoms with Gasteiger partial charge in [0, 0.05) is 0 Å². The van der Waals surface area contributed by atoms with E-state index in [0.717, 1.165) is 29.9 Å². The molecule has 3 rings (SSSR count). The Bertz CT molecular complexity index is 661. The van der Waals surface area contributed by atoms with Crippen LogP contribution in [0.3, 0.4) is 0 Å². The average molecular weight is 330 g/mol. The molecule has 1 aliphatic rings. The van der Waals surface area contributed by atoms with Crippen LogP contribution in [0, 0.1) is 0 Å². The zero-order chi connectivity index (χ0) is 13.8. The Kier molecular flexibility index (Phi) is 4.14. The van der Waals surface area contributed by atoms with Crippen LogP contribution in [0.15, 0.2) is 56.5 Å². The van der Waals surface area contributed by atoms with Gasteiger partial charge in [-0.05, 0) is 0 Å². The summed E-state index contributed by atoms with van der Waals surface area (Å²) in [4.78, 5) is 0. The van der Waals surface area contributed by atoms with Gasteiger partial charge in [0.05, 0.1) is 0 Å². The van der Waals surface area contributed by atoms with Gasteiger partial charge in [-0.1, -0.05) is 0 Å². The standard InChI is InChI=1S/C16H17N3Se/c1-2-13(11-12-7-4-3-5-8-12)17-14-9-6-10-15-16(14)19-20-18-15/h3-10,13,17H,2,11H2,1H3. The fraction of sp³-hybridized carbons (Fsp3) is 0.250. The summed E-state index contributed by atoms with van der Waals surface area (Å²) < 4.78 is 8.96. The van der Waals surface area contributed by atoms with Crippen molar-refractivity contribution in [3.05, 3.63) is 54.1 Å². The SMILES string of the molecule is CCC(Cc1ccccc1)Nc1cccc2c1N=[Se]=N2. The van der Waals surface area contributed by atoms with Gasteiger partial charge in [0.2, 0.25) is 0 Å². The van der Waals surface area contributed by atoms with E-state index in [4.69, 9.17) is 0 Å². The number of benzene rings is 2. The van der Waals surface area contributed by atoms with Crippen LogP contribution in [0.4, 0.5) is 17.1 Å². The molecule has 0 aromatic heterocycles. The molecule has 0 aliphatic carbocycles. The number of hydrogen-bond donors (Lipinski definition) is 1. The van der Waals surface area contributed by atoms with Crippen LogP contribution in [0.5, 0.6) is 0 Å². The molecule has 1 unspecified atom stereocenters. The van der Waals surface area contributed by atoms with Crippen LogP contribution >= 0.6 is 0 Å². The Morgan fingerprint density at radius 1 is 1.05 bits per heavy atom. The predicted octanol–water partition coefficient (Wildman–Crippen LogP) is 4.47. The molecule has 0 radical (unpaired) electrons. The van der Waals surface area contributed by atoms with Crippen molar-refractivity contribution in [1.82, 2.24) is 0 Å². The van der Waals surface area contributed by atoms with Gasteiger partial charge in [0.15, 0.2) is 0 Å². The predicted molar refractivity (Wildman–Crippen MR) is 84.2 cm³/mol. The molecule has 0 spiro atoms. The second kappa shape index (κ2) is 6.21. The van der Waals surface area contributed by atoms with Crippen molar-refractivity contribution in [2.75, 3.05) is 5.32 Å². The van der Waals surface area contributed by atoms with E-state index < -0.39 is 0 Å². The summed E-state index contributed by atoms with van der Waals surface area (Å²) in [6.45, 7) is 2.22. The molecule has 102 valence electrons. The third-order valence-electron chi connectivity index (χ3n) is 3.46. The van der Waals surface area contributed by atoms with Gasteiger partial charge in [0.1, 0.15) is 0 Å². The van der Waals surface area contributed by atoms with Gasteiger partial charge in [-0.3, -0.25) is 0 Å². The molecule has 4 heteroatoms. The van der Waals surface area contributed by atoms with Crippen molar-refractivity contribution in [1.29, 1.82) is 0 Å². The van der Waals surface area contributed by atoms with Crippen LogP contribution in [0.25, 0.3) is 0 Å². The van der Waals surface area contributed by atoms with E-state index in [-0.39, 0.29) is 14.6 Å². The van der Waals surface area contributed by atoms with E-state index in [0.29, 0.717) is 6.04 Å². The number of rotatable bonds is 5. The zero-order valence-electron chi connectivity index (χ0n) is 11.4. The van der Waals surface area contributed by atoms with Crippen LogP contribution in [0.2, 0.25) is 0 Å². The topological polar surface area (TPSA) is 36.8 Å². The number of hydrogen-bond acceptors (Lipinski definition) is 3. The molecule has 1 N–H and O–H groups in total. The van der Waals surface area contributed by atoms with Crippen molar-refractivity contribution in [2.45, 2.75) is 25.8 Å². The number of nitrogens with zero attached hydrogens (tertiary/aromatic N) is 2. The summed E-state index contributed by atoms with van der Waals surface area (Å²) in [7, 11) is 0. The molecule has 0 bridgehead atoms. The van der Waals surface area contributed by atoms with Crippen molar-refractivity contribution in [3.8, 4) is 0 Å². The van der Waals surface area contributed by atoms with E-state index in [9.17, 15) is 0 Å². The number of fused-ring (bicyclic) bond motifs is 1. The van der Waals surface area contributed by atoms with Crippen molar-refractivity contribution < 1.29 is 0 Å². The molecule has 1 aliphatic heterocycles. The first-order chi connectivity index (χ1) is 9.86. The third-order valence-corrected chi connectivity index (χ3v) is 4.60. The molecule has 1 atom stereocenters. The Morgan fingerprint density at radius 2 is 1.90 bits per heavy atom. The monoisotopic (exact) mass is 331 g/mol. The van der Waals surface area contributed by atoms with Gasteiger partial charge in [-0.25, -0.2) is 0 Å². The molecule has 2 aromatic rings. The molecule has 1 heterocycles. The van der Waals surface area contributed by atoms with Crippen LogP contribution in [-0.2, 0) is 6.42 Å². The quantitative estimate of drug-likeness (QED) is 0.689. The Morgan fingerprint density at radius 3 is 2.70 bits per heavy atom. The minimum atomic E-state index is 0.0290. The fourth-order valence-electron chi connectivity index (χ4n) is 2.34. The van der Waals surface area contributed by atoms with Gasteiger partial charge in [-0.15, -0.1) is 0 Å². The average Bonchev–Trinajstić information content (AvgIpc) is 2.97. The van der Waals surface area contributed by atoms with E-state index in [1.807, 2.05) is 6.07 Å². The second-order valence-electron chi connectivity index (χ2n) is 4.88. The number of nitrogens with one attached hydrogen (secondary N) is 1. The Labute approximate surface area is 125 Å². The first kappa shape index (κ1) is 13.3. The summed E-state index contributed by atoms with van der Waals surface area (Å²) in [6, 6.07) is 17.2. The molecule has 0 amide bonds. The summed E-state index contributed by atoms with van der Waals surface area (Å²) in [6.07, 6.45) is 2.12. The maximum absolute atomic E-state index is 4.53. The summed E-state index contributed by atoms with van der Waals surface area (Å²) in [5.41, 5.74) is 4.56. The fourth-order valence-corrected chi connectivity index (χ4v) is 3.49. The minimum absolute atomic E-state index is 0.0290. The van der Waals surface area contributed by atoms with Crippen molar-refractivity contribution in [2.24, 2.45) is 7.92 Å². The molecule has 3 nitrogen and oxygen atoms in total. The van der Waals surface area contributed by atoms with Crippen LogP contribution in [-0.4, -0.2) is 20.6 Å². The van der Waals surface area contributed by atoms with Crippen molar-refractivity contribution >= 4 is 31.6 Å². The molecule has 0 saturated carbocycles.